The second kappa shape index (κ2) is 6.32. The molecule has 0 radical (unpaired) electrons. The normalized spacial score (nSPS) is 10.5. The lowest BCUT2D eigenvalue weighted by Crippen LogP contribution is -2.11. The fourth-order valence-corrected chi connectivity index (χ4v) is 2.14. The third-order valence-electron chi connectivity index (χ3n) is 3.14. The summed E-state index contributed by atoms with van der Waals surface area (Å²) in [6.07, 6.45) is 0. The van der Waals surface area contributed by atoms with Crippen LogP contribution in [0.4, 0.5) is 0 Å². The monoisotopic (exact) mass is 259 g/mol. The van der Waals surface area contributed by atoms with Crippen LogP contribution in [0, 0.1) is 13.8 Å². The summed E-state index contributed by atoms with van der Waals surface area (Å²) in [6, 6.07) is 12.1. The number of aromatic nitrogens is 1. The van der Waals surface area contributed by atoms with Crippen LogP contribution in [-0.4, -0.2) is 17.8 Å². The Morgan fingerprint density at radius 3 is 2.05 bits per heavy atom. The van der Waals surface area contributed by atoms with E-state index in [1.54, 1.807) is 0 Å². The molecule has 0 aliphatic carbocycles. The number of ether oxygens (including phenoxy) is 2. The van der Waals surface area contributed by atoms with Crippen molar-refractivity contribution in [3.63, 3.8) is 0 Å². The first-order valence-electron chi connectivity index (χ1n) is 6.69. The minimum atomic E-state index is 0.639. The first-order valence-corrected chi connectivity index (χ1v) is 6.69. The highest BCUT2D eigenvalue weighted by Crippen LogP contribution is 2.26. The average Bonchev–Trinajstić information content (AvgIpc) is 2.72. The summed E-state index contributed by atoms with van der Waals surface area (Å²) in [5, 5.41) is 0. The van der Waals surface area contributed by atoms with Crippen molar-refractivity contribution >= 4 is 0 Å². The van der Waals surface area contributed by atoms with Gasteiger partial charge in [-0.25, -0.2) is 0 Å². The third-order valence-corrected chi connectivity index (χ3v) is 3.14. The Kier molecular flexibility index (Phi) is 4.50. The van der Waals surface area contributed by atoms with Gasteiger partial charge in [0.25, 0.3) is 0 Å². The van der Waals surface area contributed by atoms with Gasteiger partial charge in [-0.15, -0.1) is 0 Å². The summed E-state index contributed by atoms with van der Waals surface area (Å²) in [4.78, 5) is 0. The van der Waals surface area contributed by atoms with Crippen molar-refractivity contribution in [1.29, 1.82) is 0 Å². The zero-order chi connectivity index (χ0) is 13.7. The van der Waals surface area contributed by atoms with Crippen molar-refractivity contribution in [2.75, 3.05) is 13.2 Å². The van der Waals surface area contributed by atoms with E-state index in [1.807, 2.05) is 31.2 Å². The standard InChI is InChI=1S/C16H21NO2/c1-4-18-15-7-5-6-8-16(15)19-12-11-17-13(2)9-10-14(17)3/h5-10H,4,11-12H2,1-3H3. The van der Waals surface area contributed by atoms with Gasteiger partial charge in [0.1, 0.15) is 6.61 Å². The first kappa shape index (κ1) is 13.5. The molecule has 2 aromatic rings. The topological polar surface area (TPSA) is 23.4 Å². The summed E-state index contributed by atoms with van der Waals surface area (Å²) >= 11 is 0. The van der Waals surface area contributed by atoms with Crippen molar-refractivity contribution in [3.8, 4) is 11.5 Å². The average molecular weight is 259 g/mol. The van der Waals surface area contributed by atoms with Crippen molar-refractivity contribution in [2.24, 2.45) is 0 Å². The van der Waals surface area contributed by atoms with Crippen molar-refractivity contribution in [1.82, 2.24) is 4.57 Å². The van der Waals surface area contributed by atoms with Gasteiger partial charge in [0.2, 0.25) is 0 Å². The van der Waals surface area contributed by atoms with Crippen molar-refractivity contribution in [2.45, 2.75) is 27.3 Å². The second-order valence-electron chi connectivity index (χ2n) is 4.50. The molecular weight excluding hydrogens is 238 g/mol. The molecule has 0 saturated heterocycles. The largest absolute Gasteiger partial charge is 0.490 e. The smallest absolute Gasteiger partial charge is 0.161 e. The van der Waals surface area contributed by atoms with E-state index in [1.165, 1.54) is 11.4 Å². The van der Waals surface area contributed by atoms with Gasteiger partial charge in [-0.1, -0.05) is 12.1 Å². The molecule has 102 valence electrons. The van der Waals surface area contributed by atoms with Gasteiger partial charge in [-0.2, -0.15) is 0 Å². The van der Waals surface area contributed by atoms with E-state index >= 15 is 0 Å². The Morgan fingerprint density at radius 1 is 0.895 bits per heavy atom. The maximum atomic E-state index is 5.83. The fourth-order valence-electron chi connectivity index (χ4n) is 2.14. The van der Waals surface area contributed by atoms with Gasteiger partial charge in [-0.05, 0) is 45.0 Å². The summed E-state index contributed by atoms with van der Waals surface area (Å²) < 4.78 is 13.6. The molecular formula is C16H21NO2. The molecule has 0 aliphatic rings. The SMILES string of the molecule is CCOc1ccccc1OCCn1c(C)ccc1C. The van der Waals surface area contributed by atoms with Gasteiger partial charge in [-0.3, -0.25) is 0 Å². The summed E-state index contributed by atoms with van der Waals surface area (Å²) in [5.74, 6) is 1.62. The summed E-state index contributed by atoms with van der Waals surface area (Å²) in [7, 11) is 0. The van der Waals surface area contributed by atoms with E-state index in [-0.39, 0.29) is 0 Å². The summed E-state index contributed by atoms with van der Waals surface area (Å²) in [5.41, 5.74) is 2.53. The van der Waals surface area contributed by atoms with Crippen LogP contribution in [0.15, 0.2) is 36.4 Å². The minimum Gasteiger partial charge on any atom is -0.490 e. The summed E-state index contributed by atoms with van der Waals surface area (Å²) in [6.45, 7) is 8.34. The number of para-hydroxylation sites is 2. The zero-order valence-corrected chi connectivity index (χ0v) is 11.8. The van der Waals surface area contributed by atoms with E-state index in [0.717, 1.165) is 18.0 Å². The molecule has 0 aliphatic heterocycles. The molecule has 3 heteroatoms. The number of benzene rings is 1. The molecule has 1 heterocycles. The number of aryl methyl sites for hydroxylation is 2. The number of nitrogens with zero attached hydrogens (tertiary/aromatic N) is 1. The molecule has 0 bridgehead atoms. The highest BCUT2D eigenvalue weighted by atomic mass is 16.5. The Labute approximate surface area is 114 Å². The lowest BCUT2D eigenvalue weighted by atomic mass is 10.3. The van der Waals surface area contributed by atoms with Crippen molar-refractivity contribution < 1.29 is 9.47 Å². The molecule has 3 nitrogen and oxygen atoms in total. The third kappa shape index (κ3) is 3.31. The molecule has 0 atom stereocenters. The van der Waals surface area contributed by atoms with Gasteiger partial charge >= 0.3 is 0 Å². The number of hydrogen-bond donors (Lipinski definition) is 0. The van der Waals surface area contributed by atoms with Crippen LogP contribution in [0.2, 0.25) is 0 Å². The molecule has 0 spiro atoms. The highest BCUT2D eigenvalue weighted by Gasteiger charge is 2.04. The van der Waals surface area contributed by atoms with Gasteiger partial charge in [0.05, 0.1) is 13.2 Å². The van der Waals surface area contributed by atoms with Crippen LogP contribution < -0.4 is 9.47 Å². The molecule has 1 aromatic heterocycles. The molecule has 0 amide bonds. The Bertz CT molecular complexity index is 512. The maximum absolute atomic E-state index is 5.83. The highest BCUT2D eigenvalue weighted by molar-refractivity contribution is 5.39. The fraction of sp³-hybridized carbons (Fsp3) is 0.375. The number of rotatable bonds is 6. The van der Waals surface area contributed by atoms with Gasteiger partial charge in [0.15, 0.2) is 11.5 Å². The van der Waals surface area contributed by atoms with E-state index in [2.05, 4.69) is 30.5 Å². The van der Waals surface area contributed by atoms with Crippen LogP contribution in [-0.2, 0) is 6.54 Å². The van der Waals surface area contributed by atoms with Crippen LogP contribution in [0.1, 0.15) is 18.3 Å². The lowest BCUT2D eigenvalue weighted by Gasteiger charge is -2.13. The predicted molar refractivity (Wildman–Crippen MR) is 77.0 cm³/mol. The van der Waals surface area contributed by atoms with E-state index in [4.69, 9.17) is 9.47 Å². The van der Waals surface area contributed by atoms with Gasteiger partial charge in [0, 0.05) is 11.4 Å². The minimum absolute atomic E-state index is 0.639. The molecule has 2 rings (SSSR count). The van der Waals surface area contributed by atoms with Crippen LogP contribution in [0.25, 0.3) is 0 Å². The van der Waals surface area contributed by atoms with E-state index in [0.29, 0.717) is 13.2 Å². The quantitative estimate of drug-likeness (QED) is 0.791. The first-order chi connectivity index (χ1) is 9.22. The molecule has 0 fully saturated rings. The lowest BCUT2D eigenvalue weighted by molar-refractivity contribution is 0.265. The molecule has 19 heavy (non-hydrogen) atoms. The molecule has 0 unspecified atom stereocenters. The second-order valence-corrected chi connectivity index (χ2v) is 4.50. The number of hydrogen-bond acceptors (Lipinski definition) is 2. The van der Waals surface area contributed by atoms with Gasteiger partial charge < -0.3 is 14.0 Å². The molecule has 0 N–H and O–H groups in total. The van der Waals surface area contributed by atoms with Crippen LogP contribution >= 0.6 is 0 Å². The Hall–Kier alpha value is -1.90. The van der Waals surface area contributed by atoms with Crippen LogP contribution in [0.3, 0.4) is 0 Å². The Morgan fingerprint density at radius 2 is 1.47 bits per heavy atom. The molecule has 1 aromatic carbocycles. The van der Waals surface area contributed by atoms with E-state index < -0.39 is 0 Å². The van der Waals surface area contributed by atoms with Crippen LogP contribution in [0.5, 0.6) is 11.5 Å². The predicted octanol–water partition coefficient (Wildman–Crippen LogP) is 3.58. The Balaban J connectivity index is 1.96. The zero-order valence-electron chi connectivity index (χ0n) is 11.8. The van der Waals surface area contributed by atoms with E-state index in [9.17, 15) is 0 Å². The van der Waals surface area contributed by atoms with Crippen molar-refractivity contribution in [3.05, 3.63) is 47.8 Å². The maximum Gasteiger partial charge on any atom is 0.161 e. The molecule has 0 saturated carbocycles.